The Morgan fingerprint density at radius 1 is 0.931 bits per heavy atom. The average molecular weight is 420 g/mol. The molecule has 0 bridgehead atoms. The maximum atomic E-state index is 13.5. The first kappa shape index (κ1) is 23.2. The molecule has 0 aliphatic carbocycles. The molecule has 0 aliphatic heterocycles. The molecule has 2 aromatic rings. The van der Waals surface area contributed by atoms with Crippen LogP contribution in [0.1, 0.15) is 49.1 Å². The number of aliphatic hydroxyl groups is 1. The number of hydrogen-bond acceptors (Lipinski definition) is 3. The maximum absolute atomic E-state index is 13.5. The Hall–Kier alpha value is -2.13. The number of pyridine rings is 1. The largest absolute Gasteiger partial charge is 0.433 e. The highest BCUT2D eigenvalue weighted by atomic mass is 19.4. The van der Waals surface area contributed by atoms with E-state index in [1.54, 1.807) is 0 Å². The number of rotatable bonds is 8. The first-order chi connectivity index (χ1) is 13.5. The highest BCUT2D eigenvalue weighted by Gasteiger charge is 2.37. The van der Waals surface area contributed by atoms with Crippen LogP contribution in [-0.4, -0.2) is 23.2 Å². The van der Waals surface area contributed by atoms with E-state index in [4.69, 9.17) is 0 Å². The summed E-state index contributed by atoms with van der Waals surface area (Å²) in [6, 6.07) is 6.07. The van der Waals surface area contributed by atoms with Gasteiger partial charge in [-0.05, 0) is 31.2 Å². The molecule has 0 aliphatic rings. The van der Waals surface area contributed by atoms with Crippen molar-refractivity contribution in [1.82, 2.24) is 10.3 Å². The van der Waals surface area contributed by atoms with Gasteiger partial charge in [-0.25, -0.2) is 4.98 Å². The summed E-state index contributed by atoms with van der Waals surface area (Å²) in [4.78, 5) is 3.59. The monoisotopic (exact) mass is 420 g/mol. The SMILES string of the molecule is CCCCCNC[C@@H](O)c1ccc(-c2ccc(C(F)(F)F)cc2)nc1C(F)(F)F. The van der Waals surface area contributed by atoms with Crippen molar-refractivity contribution < 1.29 is 31.4 Å². The topological polar surface area (TPSA) is 45.1 Å². The van der Waals surface area contributed by atoms with Crippen molar-refractivity contribution >= 4 is 0 Å². The lowest BCUT2D eigenvalue weighted by Gasteiger charge is -2.18. The Kier molecular flexibility index (Phi) is 7.65. The number of aliphatic hydroxyl groups excluding tert-OH is 1. The summed E-state index contributed by atoms with van der Waals surface area (Å²) < 4.78 is 78.4. The molecule has 1 atom stereocenters. The summed E-state index contributed by atoms with van der Waals surface area (Å²) in [5.74, 6) is 0. The second-order valence-electron chi connectivity index (χ2n) is 6.63. The van der Waals surface area contributed by atoms with Crippen LogP contribution in [0.15, 0.2) is 36.4 Å². The minimum atomic E-state index is -4.82. The van der Waals surface area contributed by atoms with Gasteiger partial charge < -0.3 is 10.4 Å². The van der Waals surface area contributed by atoms with Gasteiger partial charge in [-0.15, -0.1) is 0 Å². The molecule has 0 radical (unpaired) electrons. The van der Waals surface area contributed by atoms with E-state index >= 15 is 0 Å². The number of alkyl halides is 6. The smallest absolute Gasteiger partial charge is 0.387 e. The first-order valence-corrected chi connectivity index (χ1v) is 9.18. The third-order valence-corrected chi connectivity index (χ3v) is 4.36. The van der Waals surface area contributed by atoms with Gasteiger partial charge in [-0.3, -0.25) is 0 Å². The molecule has 29 heavy (non-hydrogen) atoms. The first-order valence-electron chi connectivity index (χ1n) is 9.18. The van der Waals surface area contributed by atoms with Crippen molar-refractivity contribution in [2.24, 2.45) is 0 Å². The van der Waals surface area contributed by atoms with Crippen LogP contribution in [0, 0.1) is 0 Å². The number of nitrogens with one attached hydrogen (secondary N) is 1. The summed E-state index contributed by atoms with van der Waals surface area (Å²) in [6.07, 6.45) is -7.96. The lowest BCUT2D eigenvalue weighted by atomic mass is 10.0. The normalized spacial score (nSPS) is 13.5. The maximum Gasteiger partial charge on any atom is 0.433 e. The summed E-state index contributed by atoms with van der Waals surface area (Å²) in [7, 11) is 0. The van der Waals surface area contributed by atoms with Gasteiger partial charge in [0, 0.05) is 17.7 Å². The second kappa shape index (κ2) is 9.58. The highest BCUT2D eigenvalue weighted by molar-refractivity contribution is 5.60. The van der Waals surface area contributed by atoms with Gasteiger partial charge in [0.2, 0.25) is 0 Å². The molecule has 1 aromatic heterocycles. The third-order valence-electron chi connectivity index (χ3n) is 4.36. The molecule has 0 saturated carbocycles. The van der Waals surface area contributed by atoms with Gasteiger partial charge >= 0.3 is 12.4 Å². The molecule has 2 N–H and O–H groups in total. The average Bonchev–Trinajstić information content (AvgIpc) is 2.66. The molecule has 1 aromatic carbocycles. The number of hydrogen-bond donors (Lipinski definition) is 2. The fraction of sp³-hybridized carbons (Fsp3) is 0.450. The number of halogens is 6. The zero-order valence-electron chi connectivity index (χ0n) is 15.7. The van der Waals surface area contributed by atoms with E-state index in [1.807, 2.05) is 6.92 Å². The quantitative estimate of drug-likeness (QED) is 0.432. The van der Waals surface area contributed by atoms with E-state index in [1.165, 1.54) is 6.07 Å². The summed E-state index contributed by atoms with van der Waals surface area (Å²) in [6.45, 7) is 2.53. The van der Waals surface area contributed by atoms with E-state index in [9.17, 15) is 31.4 Å². The molecule has 0 fully saturated rings. The van der Waals surface area contributed by atoms with Gasteiger partial charge in [-0.2, -0.15) is 26.3 Å². The Balaban J connectivity index is 2.25. The number of aromatic nitrogens is 1. The van der Waals surface area contributed by atoms with Crippen molar-refractivity contribution in [3.63, 3.8) is 0 Å². The van der Waals surface area contributed by atoms with Crippen LogP contribution in [0.25, 0.3) is 11.3 Å². The Morgan fingerprint density at radius 2 is 1.59 bits per heavy atom. The lowest BCUT2D eigenvalue weighted by Crippen LogP contribution is -2.25. The second-order valence-corrected chi connectivity index (χ2v) is 6.63. The zero-order valence-corrected chi connectivity index (χ0v) is 15.7. The fourth-order valence-electron chi connectivity index (χ4n) is 2.81. The van der Waals surface area contributed by atoms with Crippen LogP contribution in [-0.2, 0) is 12.4 Å². The lowest BCUT2D eigenvalue weighted by molar-refractivity contribution is -0.142. The van der Waals surface area contributed by atoms with Crippen LogP contribution in [0.4, 0.5) is 26.3 Å². The highest BCUT2D eigenvalue weighted by Crippen LogP contribution is 2.36. The number of nitrogens with zero attached hydrogens (tertiary/aromatic N) is 1. The van der Waals surface area contributed by atoms with Gasteiger partial charge in [0.1, 0.15) is 0 Å². The molecule has 0 unspecified atom stereocenters. The minimum Gasteiger partial charge on any atom is -0.387 e. The Labute approximate surface area is 164 Å². The Bertz CT molecular complexity index is 787. The van der Waals surface area contributed by atoms with Crippen LogP contribution < -0.4 is 5.32 Å². The van der Waals surface area contributed by atoms with Gasteiger partial charge in [0.15, 0.2) is 5.69 Å². The van der Waals surface area contributed by atoms with Gasteiger partial charge in [0.05, 0.1) is 17.4 Å². The molecule has 2 rings (SSSR count). The van der Waals surface area contributed by atoms with Crippen LogP contribution in [0.5, 0.6) is 0 Å². The van der Waals surface area contributed by atoms with Gasteiger partial charge in [0.25, 0.3) is 0 Å². The standard InChI is InChI=1S/C20H22F6N2O/c1-2-3-4-11-27-12-17(29)15-9-10-16(28-18(15)20(24,25)26)13-5-7-14(8-6-13)19(21,22)23/h5-10,17,27,29H,2-4,11-12H2,1H3/t17-/m1/s1. The van der Waals surface area contributed by atoms with E-state index in [0.29, 0.717) is 6.54 Å². The molecule has 0 amide bonds. The molecule has 0 spiro atoms. The van der Waals surface area contributed by atoms with Crippen molar-refractivity contribution in [2.45, 2.75) is 44.6 Å². The van der Waals surface area contributed by atoms with E-state index in [2.05, 4.69) is 10.3 Å². The van der Waals surface area contributed by atoms with E-state index < -0.39 is 29.7 Å². The third kappa shape index (κ3) is 6.43. The van der Waals surface area contributed by atoms with Crippen molar-refractivity contribution in [3.05, 3.63) is 53.2 Å². The van der Waals surface area contributed by atoms with Crippen molar-refractivity contribution in [1.29, 1.82) is 0 Å². The summed E-state index contributed by atoms with van der Waals surface area (Å²) in [5, 5.41) is 13.1. The summed E-state index contributed by atoms with van der Waals surface area (Å²) >= 11 is 0. The zero-order chi connectivity index (χ0) is 21.7. The number of benzene rings is 1. The molecule has 9 heteroatoms. The van der Waals surface area contributed by atoms with Crippen LogP contribution >= 0.6 is 0 Å². The molecular formula is C20H22F6N2O. The molecule has 1 heterocycles. The van der Waals surface area contributed by atoms with Crippen LogP contribution in [0.2, 0.25) is 0 Å². The van der Waals surface area contributed by atoms with E-state index in [-0.39, 0.29) is 23.4 Å². The number of unbranched alkanes of at least 4 members (excludes halogenated alkanes) is 2. The fourth-order valence-corrected chi connectivity index (χ4v) is 2.81. The predicted octanol–water partition coefficient (Wildman–Crippen LogP) is 5.60. The summed E-state index contributed by atoms with van der Waals surface area (Å²) in [5.41, 5.74) is -2.55. The van der Waals surface area contributed by atoms with E-state index in [0.717, 1.165) is 49.6 Å². The van der Waals surface area contributed by atoms with Crippen molar-refractivity contribution in [2.75, 3.05) is 13.1 Å². The molecular weight excluding hydrogens is 398 g/mol. The molecule has 160 valence electrons. The molecule has 3 nitrogen and oxygen atoms in total. The molecule has 0 saturated heterocycles. The Morgan fingerprint density at radius 3 is 2.14 bits per heavy atom. The van der Waals surface area contributed by atoms with Crippen molar-refractivity contribution in [3.8, 4) is 11.3 Å². The predicted molar refractivity (Wildman–Crippen MR) is 97.0 cm³/mol. The van der Waals surface area contributed by atoms with Gasteiger partial charge in [-0.1, -0.05) is 38.0 Å². The van der Waals surface area contributed by atoms with Crippen LogP contribution in [0.3, 0.4) is 0 Å². The minimum absolute atomic E-state index is 0.0614.